The van der Waals surface area contributed by atoms with Gasteiger partial charge in [0.05, 0.1) is 6.04 Å². The lowest BCUT2D eigenvalue weighted by Crippen LogP contribution is -2.05. The van der Waals surface area contributed by atoms with Crippen LogP contribution in [0.3, 0.4) is 0 Å². The Hall–Kier alpha value is -1.83. The van der Waals surface area contributed by atoms with Crippen LogP contribution < -0.4 is 5.32 Å². The summed E-state index contributed by atoms with van der Waals surface area (Å²) in [5.41, 5.74) is 4.75. The van der Waals surface area contributed by atoms with Gasteiger partial charge in [-0.25, -0.2) is 4.39 Å². The summed E-state index contributed by atoms with van der Waals surface area (Å²) in [5.74, 6) is -0.170. The molecule has 0 spiro atoms. The fourth-order valence-corrected chi connectivity index (χ4v) is 2.39. The highest BCUT2D eigenvalue weighted by molar-refractivity contribution is 5.59. The average Bonchev–Trinajstić information content (AvgIpc) is 2.72. The molecule has 0 radical (unpaired) electrons. The van der Waals surface area contributed by atoms with Crippen molar-refractivity contribution in [3.05, 3.63) is 65.0 Å². The summed E-state index contributed by atoms with van der Waals surface area (Å²) in [6.45, 7) is 2.08. The highest BCUT2D eigenvalue weighted by Crippen LogP contribution is 2.34. The van der Waals surface area contributed by atoms with E-state index in [0.717, 1.165) is 12.0 Å². The van der Waals surface area contributed by atoms with Crippen LogP contribution >= 0.6 is 0 Å². The number of benzene rings is 2. The topological polar surface area (TPSA) is 12.0 Å². The molecule has 2 aromatic rings. The van der Waals surface area contributed by atoms with Crippen LogP contribution in [0.4, 0.5) is 10.1 Å². The van der Waals surface area contributed by atoms with Crippen LogP contribution in [0, 0.1) is 12.7 Å². The van der Waals surface area contributed by atoms with Crippen molar-refractivity contribution in [1.82, 2.24) is 0 Å². The molecule has 0 saturated carbocycles. The molecule has 1 heterocycles. The zero-order chi connectivity index (χ0) is 11.8. The first-order valence-electron chi connectivity index (χ1n) is 5.84. The molecule has 0 amide bonds. The van der Waals surface area contributed by atoms with Crippen molar-refractivity contribution >= 4 is 5.69 Å². The molecule has 1 aliphatic rings. The molecular weight excluding hydrogens is 213 g/mol. The van der Waals surface area contributed by atoms with E-state index in [-0.39, 0.29) is 11.9 Å². The van der Waals surface area contributed by atoms with Gasteiger partial charge in [-0.3, -0.25) is 0 Å². The fraction of sp³-hybridized carbons (Fsp3) is 0.200. The number of anilines is 1. The van der Waals surface area contributed by atoms with Crippen molar-refractivity contribution < 1.29 is 4.39 Å². The van der Waals surface area contributed by atoms with Crippen LogP contribution in [-0.4, -0.2) is 0 Å². The van der Waals surface area contributed by atoms with Gasteiger partial charge in [0.25, 0.3) is 0 Å². The minimum absolute atomic E-state index is 0.170. The van der Waals surface area contributed by atoms with Crippen molar-refractivity contribution in [2.24, 2.45) is 0 Å². The highest BCUT2D eigenvalue weighted by atomic mass is 19.1. The molecule has 0 saturated heterocycles. The van der Waals surface area contributed by atoms with Gasteiger partial charge >= 0.3 is 0 Å². The summed E-state index contributed by atoms with van der Waals surface area (Å²) in [4.78, 5) is 0. The number of fused-ring (bicyclic) bond motifs is 1. The van der Waals surface area contributed by atoms with Crippen molar-refractivity contribution in [3.8, 4) is 0 Å². The van der Waals surface area contributed by atoms with Gasteiger partial charge in [0.15, 0.2) is 0 Å². The predicted octanol–water partition coefficient (Wildman–Crippen LogP) is 3.84. The minimum Gasteiger partial charge on any atom is -0.378 e. The lowest BCUT2D eigenvalue weighted by Gasteiger charge is -2.11. The first-order valence-corrected chi connectivity index (χ1v) is 5.84. The molecule has 0 bridgehead atoms. The van der Waals surface area contributed by atoms with E-state index in [1.807, 2.05) is 6.07 Å². The molecule has 1 nitrogen and oxygen atoms in total. The number of halogens is 1. The van der Waals surface area contributed by atoms with Crippen LogP contribution in [0.2, 0.25) is 0 Å². The van der Waals surface area contributed by atoms with Crippen molar-refractivity contribution in [1.29, 1.82) is 0 Å². The van der Waals surface area contributed by atoms with Crippen LogP contribution in [0.25, 0.3) is 0 Å². The zero-order valence-corrected chi connectivity index (χ0v) is 9.70. The van der Waals surface area contributed by atoms with E-state index in [1.54, 1.807) is 12.1 Å². The Morgan fingerprint density at radius 2 is 2.06 bits per heavy atom. The Kier molecular flexibility index (Phi) is 2.36. The van der Waals surface area contributed by atoms with Gasteiger partial charge < -0.3 is 5.32 Å². The molecule has 0 aromatic heterocycles. The van der Waals surface area contributed by atoms with Gasteiger partial charge in [-0.15, -0.1) is 0 Å². The van der Waals surface area contributed by atoms with E-state index < -0.39 is 0 Å². The molecule has 1 aliphatic heterocycles. The SMILES string of the molecule is Cc1ccc2c(c1)NC(c1cccc(F)c1)C2. The second-order valence-corrected chi connectivity index (χ2v) is 4.62. The summed E-state index contributed by atoms with van der Waals surface area (Å²) in [6.07, 6.45) is 0.930. The Balaban J connectivity index is 1.91. The molecule has 17 heavy (non-hydrogen) atoms. The van der Waals surface area contributed by atoms with Gasteiger partial charge in [-0.2, -0.15) is 0 Å². The quantitative estimate of drug-likeness (QED) is 0.780. The molecule has 1 atom stereocenters. The molecule has 3 rings (SSSR count). The third kappa shape index (κ3) is 1.91. The first kappa shape index (κ1) is 10.3. The molecule has 0 fully saturated rings. The van der Waals surface area contributed by atoms with Gasteiger partial charge in [0.1, 0.15) is 5.82 Å². The third-order valence-electron chi connectivity index (χ3n) is 3.27. The Morgan fingerprint density at radius 3 is 2.88 bits per heavy atom. The molecule has 0 aliphatic carbocycles. The van der Waals surface area contributed by atoms with E-state index >= 15 is 0 Å². The van der Waals surface area contributed by atoms with Crippen LogP contribution in [0.5, 0.6) is 0 Å². The summed E-state index contributed by atoms with van der Waals surface area (Å²) in [5, 5.41) is 3.45. The van der Waals surface area contributed by atoms with Crippen LogP contribution in [0.15, 0.2) is 42.5 Å². The monoisotopic (exact) mass is 227 g/mol. The van der Waals surface area contributed by atoms with E-state index in [9.17, 15) is 4.39 Å². The Labute approximate surface area is 100 Å². The number of hydrogen-bond acceptors (Lipinski definition) is 1. The zero-order valence-electron chi connectivity index (χ0n) is 9.70. The van der Waals surface area contributed by atoms with Gasteiger partial charge in [-0.1, -0.05) is 24.3 Å². The maximum Gasteiger partial charge on any atom is 0.123 e. The number of nitrogens with one attached hydrogen (secondary N) is 1. The largest absolute Gasteiger partial charge is 0.378 e. The summed E-state index contributed by atoms with van der Waals surface area (Å²) >= 11 is 0. The van der Waals surface area contributed by atoms with Crippen molar-refractivity contribution in [2.75, 3.05) is 5.32 Å². The van der Waals surface area contributed by atoms with E-state index in [1.165, 1.54) is 22.9 Å². The van der Waals surface area contributed by atoms with Crippen molar-refractivity contribution in [3.63, 3.8) is 0 Å². The van der Waals surface area contributed by atoms with Gasteiger partial charge in [0, 0.05) is 5.69 Å². The second-order valence-electron chi connectivity index (χ2n) is 4.62. The Bertz CT molecular complexity index is 563. The smallest absolute Gasteiger partial charge is 0.123 e. The van der Waals surface area contributed by atoms with E-state index in [4.69, 9.17) is 0 Å². The lowest BCUT2D eigenvalue weighted by atomic mass is 10.0. The number of hydrogen-bond donors (Lipinski definition) is 1. The molecular formula is C15H14FN. The molecule has 2 aromatic carbocycles. The highest BCUT2D eigenvalue weighted by Gasteiger charge is 2.21. The van der Waals surface area contributed by atoms with Crippen LogP contribution in [-0.2, 0) is 6.42 Å². The maximum absolute atomic E-state index is 13.2. The minimum atomic E-state index is -0.170. The predicted molar refractivity (Wildman–Crippen MR) is 67.6 cm³/mol. The third-order valence-corrected chi connectivity index (χ3v) is 3.27. The standard InChI is InChI=1S/C15H14FN/c1-10-5-6-12-9-15(17-14(12)7-10)11-3-2-4-13(16)8-11/h2-8,15,17H,9H2,1H3. The molecule has 1 N–H and O–H groups in total. The number of rotatable bonds is 1. The number of aryl methyl sites for hydroxylation is 1. The normalized spacial score (nSPS) is 17.6. The summed E-state index contributed by atoms with van der Waals surface area (Å²) < 4.78 is 13.2. The van der Waals surface area contributed by atoms with Crippen molar-refractivity contribution in [2.45, 2.75) is 19.4 Å². The molecule has 2 heteroatoms. The van der Waals surface area contributed by atoms with E-state index in [0.29, 0.717) is 0 Å². The summed E-state index contributed by atoms with van der Waals surface area (Å²) in [7, 11) is 0. The summed E-state index contributed by atoms with van der Waals surface area (Å²) in [6, 6.07) is 13.4. The fourth-order valence-electron chi connectivity index (χ4n) is 2.39. The maximum atomic E-state index is 13.2. The van der Waals surface area contributed by atoms with E-state index in [2.05, 4.69) is 30.4 Å². The van der Waals surface area contributed by atoms with Gasteiger partial charge in [-0.05, 0) is 48.2 Å². The van der Waals surface area contributed by atoms with Crippen LogP contribution in [0.1, 0.15) is 22.7 Å². The average molecular weight is 227 g/mol. The Morgan fingerprint density at radius 1 is 1.18 bits per heavy atom. The first-order chi connectivity index (χ1) is 8.22. The second kappa shape index (κ2) is 3.88. The molecule has 1 unspecified atom stereocenters. The lowest BCUT2D eigenvalue weighted by molar-refractivity contribution is 0.623. The van der Waals surface area contributed by atoms with Gasteiger partial charge in [0.2, 0.25) is 0 Å². The molecule has 86 valence electrons.